The number of carbonyl (C=O) groups is 1. The number of nitrogens with zero attached hydrogens (tertiary/aromatic N) is 1. The van der Waals surface area contributed by atoms with Crippen molar-refractivity contribution in [3.8, 4) is 0 Å². The van der Waals surface area contributed by atoms with Gasteiger partial charge in [0.2, 0.25) is 5.91 Å². The zero-order valence-corrected chi connectivity index (χ0v) is 11.4. The average molecular weight is 302 g/mol. The molecule has 0 aromatic heterocycles. The Morgan fingerprint density at radius 1 is 1.38 bits per heavy atom. The molecule has 7 heteroatoms. The minimum absolute atomic E-state index is 0.0000926. The molecule has 0 radical (unpaired) electrons. The molecule has 21 heavy (non-hydrogen) atoms. The standard InChI is InChI=1S/C14H17F3N2O2/c15-14(16,17)9-19(5-6-20)13(21)7-10-8-18-12-4-2-1-3-11(10)12/h1-4,10,18,20H,5-9H2. The van der Waals surface area contributed by atoms with Crippen LogP contribution in [-0.2, 0) is 4.79 Å². The molecule has 0 saturated heterocycles. The van der Waals surface area contributed by atoms with Crippen LogP contribution in [0.3, 0.4) is 0 Å². The highest BCUT2D eigenvalue weighted by molar-refractivity contribution is 5.78. The number of para-hydroxylation sites is 1. The Hall–Kier alpha value is -1.76. The first-order chi connectivity index (χ1) is 9.90. The number of rotatable bonds is 5. The first kappa shape index (κ1) is 15.6. The number of aliphatic hydroxyl groups is 1. The maximum atomic E-state index is 12.5. The van der Waals surface area contributed by atoms with Crippen LogP contribution in [0.25, 0.3) is 0 Å². The van der Waals surface area contributed by atoms with Crippen molar-refractivity contribution in [1.82, 2.24) is 4.90 Å². The fourth-order valence-electron chi connectivity index (χ4n) is 2.51. The molecule has 1 aromatic carbocycles. The van der Waals surface area contributed by atoms with Gasteiger partial charge in [-0.15, -0.1) is 0 Å². The maximum absolute atomic E-state index is 12.5. The molecule has 1 aromatic rings. The van der Waals surface area contributed by atoms with Crippen LogP contribution in [-0.4, -0.2) is 48.3 Å². The molecular weight excluding hydrogens is 285 g/mol. The van der Waals surface area contributed by atoms with Crippen molar-refractivity contribution in [1.29, 1.82) is 0 Å². The van der Waals surface area contributed by atoms with Crippen LogP contribution in [0.1, 0.15) is 17.9 Å². The van der Waals surface area contributed by atoms with Crippen LogP contribution in [0.4, 0.5) is 18.9 Å². The lowest BCUT2D eigenvalue weighted by Crippen LogP contribution is -2.41. The summed E-state index contributed by atoms with van der Waals surface area (Å²) < 4.78 is 37.4. The van der Waals surface area contributed by atoms with E-state index in [0.717, 1.165) is 11.3 Å². The summed E-state index contributed by atoms with van der Waals surface area (Å²) >= 11 is 0. The zero-order valence-electron chi connectivity index (χ0n) is 11.4. The van der Waals surface area contributed by atoms with Crippen LogP contribution in [0.5, 0.6) is 0 Å². The number of aliphatic hydroxyl groups excluding tert-OH is 1. The lowest BCUT2D eigenvalue weighted by Gasteiger charge is -2.24. The molecule has 4 nitrogen and oxygen atoms in total. The second kappa shape index (κ2) is 6.34. The van der Waals surface area contributed by atoms with E-state index in [0.29, 0.717) is 11.4 Å². The quantitative estimate of drug-likeness (QED) is 0.874. The van der Waals surface area contributed by atoms with E-state index >= 15 is 0 Å². The monoisotopic (exact) mass is 302 g/mol. The highest BCUT2D eigenvalue weighted by Gasteiger charge is 2.34. The van der Waals surface area contributed by atoms with E-state index in [4.69, 9.17) is 5.11 Å². The van der Waals surface area contributed by atoms with E-state index < -0.39 is 25.2 Å². The first-order valence-electron chi connectivity index (χ1n) is 6.69. The number of hydrogen-bond acceptors (Lipinski definition) is 3. The molecule has 116 valence electrons. The largest absolute Gasteiger partial charge is 0.406 e. The second-order valence-corrected chi connectivity index (χ2v) is 5.02. The van der Waals surface area contributed by atoms with E-state index in [1.54, 1.807) is 0 Å². The molecule has 2 rings (SSSR count). The highest BCUT2D eigenvalue weighted by Crippen LogP contribution is 2.33. The first-order valence-corrected chi connectivity index (χ1v) is 6.69. The number of fused-ring (bicyclic) bond motifs is 1. The maximum Gasteiger partial charge on any atom is 0.406 e. The third-order valence-corrected chi connectivity index (χ3v) is 3.45. The molecule has 1 amide bonds. The summed E-state index contributed by atoms with van der Waals surface area (Å²) in [5.74, 6) is -0.729. The van der Waals surface area contributed by atoms with Crippen molar-refractivity contribution in [2.45, 2.75) is 18.5 Å². The Kier molecular flexibility index (Phi) is 4.72. The molecular formula is C14H17F3N2O2. The number of nitrogens with one attached hydrogen (secondary N) is 1. The predicted octanol–water partition coefficient (Wildman–Crippen LogP) is 1.97. The second-order valence-electron chi connectivity index (χ2n) is 5.02. The summed E-state index contributed by atoms with van der Waals surface area (Å²) in [6.45, 7) is -1.58. The number of anilines is 1. The highest BCUT2D eigenvalue weighted by atomic mass is 19.4. The lowest BCUT2D eigenvalue weighted by atomic mass is 9.97. The van der Waals surface area contributed by atoms with Gasteiger partial charge in [0.1, 0.15) is 6.54 Å². The molecule has 0 spiro atoms. The number of amides is 1. The van der Waals surface area contributed by atoms with Gasteiger partial charge < -0.3 is 15.3 Å². The van der Waals surface area contributed by atoms with Gasteiger partial charge >= 0.3 is 6.18 Å². The molecule has 0 aliphatic carbocycles. The molecule has 1 aliphatic heterocycles. The summed E-state index contributed by atoms with van der Waals surface area (Å²) in [7, 11) is 0. The van der Waals surface area contributed by atoms with Crippen molar-refractivity contribution < 1.29 is 23.1 Å². The van der Waals surface area contributed by atoms with Crippen molar-refractivity contribution in [3.05, 3.63) is 29.8 Å². The third kappa shape index (κ3) is 4.10. The number of alkyl halides is 3. The van der Waals surface area contributed by atoms with Crippen molar-refractivity contribution in [2.75, 3.05) is 31.6 Å². The van der Waals surface area contributed by atoms with Gasteiger partial charge in [-0.05, 0) is 11.6 Å². The van der Waals surface area contributed by atoms with Gasteiger partial charge in [-0.2, -0.15) is 13.2 Å². The Morgan fingerprint density at radius 2 is 2.10 bits per heavy atom. The van der Waals surface area contributed by atoms with E-state index in [1.807, 2.05) is 24.3 Å². The van der Waals surface area contributed by atoms with Gasteiger partial charge in [0.05, 0.1) is 6.61 Å². The lowest BCUT2D eigenvalue weighted by molar-refractivity contribution is -0.162. The fourth-order valence-corrected chi connectivity index (χ4v) is 2.51. The summed E-state index contributed by atoms with van der Waals surface area (Å²) in [6, 6.07) is 7.44. The topological polar surface area (TPSA) is 52.6 Å². The summed E-state index contributed by atoms with van der Waals surface area (Å²) in [5, 5.41) is 12.0. The average Bonchev–Trinajstić information content (AvgIpc) is 2.80. The Morgan fingerprint density at radius 3 is 2.76 bits per heavy atom. The minimum Gasteiger partial charge on any atom is -0.395 e. The Balaban J connectivity index is 2.03. The molecule has 0 saturated carbocycles. The van der Waals surface area contributed by atoms with Crippen molar-refractivity contribution in [2.24, 2.45) is 0 Å². The number of hydrogen-bond donors (Lipinski definition) is 2. The summed E-state index contributed by atoms with van der Waals surface area (Å²) in [5.41, 5.74) is 1.86. The molecule has 1 aliphatic rings. The van der Waals surface area contributed by atoms with E-state index in [2.05, 4.69) is 5.32 Å². The van der Waals surface area contributed by atoms with E-state index in [9.17, 15) is 18.0 Å². The van der Waals surface area contributed by atoms with E-state index in [-0.39, 0.29) is 18.9 Å². The van der Waals surface area contributed by atoms with Crippen LogP contribution < -0.4 is 5.32 Å². The van der Waals surface area contributed by atoms with Gasteiger partial charge in [-0.25, -0.2) is 0 Å². The van der Waals surface area contributed by atoms with Gasteiger partial charge in [0.15, 0.2) is 0 Å². The van der Waals surface area contributed by atoms with Gasteiger partial charge in [-0.3, -0.25) is 4.79 Å². The van der Waals surface area contributed by atoms with Crippen LogP contribution in [0.15, 0.2) is 24.3 Å². The molecule has 0 fully saturated rings. The Labute approximate surface area is 120 Å². The zero-order chi connectivity index (χ0) is 15.5. The van der Waals surface area contributed by atoms with Gasteiger partial charge in [0, 0.05) is 31.1 Å². The molecule has 1 unspecified atom stereocenters. The van der Waals surface area contributed by atoms with Crippen LogP contribution in [0, 0.1) is 0 Å². The number of carbonyl (C=O) groups excluding carboxylic acids is 1. The Bertz CT molecular complexity index is 505. The van der Waals surface area contributed by atoms with Crippen molar-refractivity contribution >= 4 is 11.6 Å². The van der Waals surface area contributed by atoms with Crippen molar-refractivity contribution in [3.63, 3.8) is 0 Å². The van der Waals surface area contributed by atoms with Crippen LogP contribution >= 0.6 is 0 Å². The molecule has 1 atom stereocenters. The number of halogens is 3. The predicted molar refractivity (Wildman–Crippen MR) is 72.0 cm³/mol. The molecule has 0 bridgehead atoms. The normalized spacial score (nSPS) is 17.2. The third-order valence-electron chi connectivity index (χ3n) is 3.45. The van der Waals surface area contributed by atoms with Gasteiger partial charge in [-0.1, -0.05) is 18.2 Å². The minimum atomic E-state index is -4.46. The summed E-state index contributed by atoms with van der Waals surface area (Å²) in [6.07, 6.45) is -4.46. The van der Waals surface area contributed by atoms with E-state index in [1.165, 1.54) is 0 Å². The van der Waals surface area contributed by atoms with Gasteiger partial charge in [0.25, 0.3) is 0 Å². The summed E-state index contributed by atoms with van der Waals surface area (Å²) in [4.78, 5) is 12.7. The molecule has 2 N–H and O–H groups in total. The van der Waals surface area contributed by atoms with Crippen LogP contribution in [0.2, 0.25) is 0 Å². The smallest absolute Gasteiger partial charge is 0.395 e. The number of benzene rings is 1. The fraction of sp³-hybridized carbons (Fsp3) is 0.500. The SMILES string of the molecule is O=C(CC1CNc2ccccc21)N(CCO)CC(F)(F)F. The molecule has 1 heterocycles.